The van der Waals surface area contributed by atoms with Crippen LogP contribution in [0.25, 0.3) is 10.9 Å². The van der Waals surface area contributed by atoms with Gasteiger partial charge in [0.2, 0.25) is 0 Å². The van der Waals surface area contributed by atoms with Gasteiger partial charge in [-0.15, -0.1) is 0 Å². The van der Waals surface area contributed by atoms with Gasteiger partial charge >= 0.3 is 0 Å². The van der Waals surface area contributed by atoms with Gasteiger partial charge in [0.05, 0.1) is 17.8 Å². The van der Waals surface area contributed by atoms with Crippen LogP contribution in [0.4, 0.5) is 5.69 Å². The van der Waals surface area contributed by atoms with Crippen LogP contribution in [0.1, 0.15) is 37.7 Å². The number of hydrogen-bond donors (Lipinski definition) is 3. The lowest BCUT2D eigenvalue weighted by Crippen LogP contribution is -2.16. The number of aliphatic imine (C=N–C) groups is 2. The highest BCUT2D eigenvalue weighted by Gasteiger charge is 2.16. The van der Waals surface area contributed by atoms with Gasteiger partial charge in [-0.3, -0.25) is 19.3 Å². The maximum atomic E-state index is 13.1. The number of carbonyl (C=O) groups excluding carboxylic acids is 2. The molecule has 3 N–H and O–H groups in total. The largest absolute Gasteiger partial charge is 0.494 e. The summed E-state index contributed by atoms with van der Waals surface area (Å²) in [5.41, 5.74) is 3.88. The molecule has 1 aliphatic heterocycles. The maximum Gasteiger partial charge on any atom is 0.273 e. The van der Waals surface area contributed by atoms with E-state index in [1.165, 1.54) is 10.9 Å². The zero-order valence-electron chi connectivity index (χ0n) is 19.1. The predicted molar refractivity (Wildman–Crippen MR) is 135 cm³/mol. The van der Waals surface area contributed by atoms with Crippen LogP contribution in [-0.2, 0) is 7.05 Å². The minimum absolute atomic E-state index is 0.0281. The lowest BCUT2D eigenvalue weighted by Gasteiger charge is -2.07. The van der Waals surface area contributed by atoms with Gasteiger partial charge in [0.1, 0.15) is 11.5 Å². The average molecular weight is 467 g/mol. The standard InChI is InChI=1S/C26H22N6O3/c1-15-12-22(32(2)31-15)26(35)29-18-8-5-16(6-9-18)24(33)17-7-10-21-19(13-17)20(25(34)30-21)14-28-23-4-3-11-27-23/h3-10,12-14,30,34H,11H2,1-2H3,(H,29,35). The van der Waals surface area contributed by atoms with Crippen molar-refractivity contribution in [2.45, 2.75) is 6.92 Å². The first-order chi connectivity index (χ1) is 16.9. The Hall–Kier alpha value is -4.79. The summed E-state index contributed by atoms with van der Waals surface area (Å²) in [7, 11) is 1.71. The molecule has 1 aliphatic rings. The number of nitrogens with one attached hydrogen (secondary N) is 2. The molecule has 0 spiro atoms. The van der Waals surface area contributed by atoms with Crippen LogP contribution in [0.5, 0.6) is 5.88 Å². The maximum absolute atomic E-state index is 13.1. The molecular formula is C26H22N6O3. The molecule has 0 fully saturated rings. The van der Waals surface area contributed by atoms with Crippen LogP contribution in [-0.4, -0.2) is 50.2 Å². The Labute approximate surface area is 200 Å². The minimum Gasteiger partial charge on any atom is -0.494 e. The zero-order chi connectivity index (χ0) is 24.5. The van der Waals surface area contributed by atoms with Crippen molar-refractivity contribution in [3.05, 3.63) is 88.8 Å². The molecular weight excluding hydrogens is 444 g/mol. The molecule has 9 nitrogen and oxygen atoms in total. The second kappa shape index (κ2) is 8.86. The SMILES string of the molecule is Cc1cc(C(=O)Nc2ccc(C(=O)c3ccc4[nH]c(O)c(C=NC5=NCC=C5)c4c3)cc2)n(C)n1. The van der Waals surface area contributed by atoms with Crippen molar-refractivity contribution in [3.8, 4) is 5.88 Å². The lowest BCUT2D eigenvalue weighted by molar-refractivity contribution is 0.101. The van der Waals surface area contributed by atoms with Crippen LogP contribution >= 0.6 is 0 Å². The Kier molecular flexibility index (Phi) is 5.58. The highest BCUT2D eigenvalue weighted by Crippen LogP contribution is 2.28. The number of benzene rings is 2. The zero-order valence-corrected chi connectivity index (χ0v) is 19.1. The summed E-state index contributed by atoms with van der Waals surface area (Å²) >= 11 is 0. The topological polar surface area (TPSA) is 125 Å². The molecule has 2 aromatic heterocycles. The van der Waals surface area contributed by atoms with Crippen LogP contribution in [0, 0.1) is 6.92 Å². The van der Waals surface area contributed by atoms with E-state index in [0.717, 1.165) is 5.69 Å². The summed E-state index contributed by atoms with van der Waals surface area (Å²) in [5, 5.41) is 18.0. The molecule has 9 heteroatoms. The van der Waals surface area contributed by atoms with Crippen LogP contribution in [0.3, 0.4) is 0 Å². The summed E-state index contributed by atoms with van der Waals surface area (Å²) in [6, 6.07) is 13.6. The smallest absolute Gasteiger partial charge is 0.273 e. The molecule has 0 unspecified atom stereocenters. The van der Waals surface area contributed by atoms with Crippen molar-refractivity contribution >= 4 is 40.3 Å². The number of carbonyl (C=O) groups is 2. The fourth-order valence-electron chi connectivity index (χ4n) is 3.93. The fourth-order valence-corrected chi connectivity index (χ4v) is 3.93. The third-order valence-corrected chi connectivity index (χ3v) is 5.67. The number of amides is 1. The van der Waals surface area contributed by atoms with Crippen molar-refractivity contribution in [1.29, 1.82) is 0 Å². The number of H-pyrrole nitrogens is 1. The van der Waals surface area contributed by atoms with Gasteiger partial charge in [0.15, 0.2) is 11.7 Å². The molecule has 2 aromatic carbocycles. The number of amidine groups is 1. The third kappa shape index (κ3) is 4.39. The lowest BCUT2D eigenvalue weighted by atomic mass is 10.0. The van der Waals surface area contributed by atoms with E-state index in [2.05, 4.69) is 25.4 Å². The summed E-state index contributed by atoms with van der Waals surface area (Å²) in [5.74, 6) is 0.0909. The highest BCUT2D eigenvalue weighted by atomic mass is 16.3. The first-order valence-corrected chi connectivity index (χ1v) is 11.0. The molecule has 35 heavy (non-hydrogen) atoms. The molecule has 4 aromatic rings. The molecule has 5 rings (SSSR count). The number of ketones is 1. The van der Waals surface area contributed by atoms with Gasteiger partial charge in [-0.2, -0.15) is 5.10 Å². The summed E-state index contributed by atoms with van der Waals surface area (Å²) in [4.78, 5) is 37.1. The van der Waals surface area contributed by atoms with Gasteiger partial charge in [-0.25, -0.2) is 4.99 Å². The second-order valence-electron chi connectivity index (χ2n) is 8.16. The van der Waals surface area contributed by atoms with E-state index in [1.807, 2.05) is 13.0 Å². The van der Waals surface area contributed by atoms with Crippen molar-refractivity contribution in [2.75, 3.05) is 11.9 Å². The van der Waals surface area contributed by atoms with Gasteiger partial charge in [-0.05, 0) is 61.5 Å². The predicted octanol–water partition coefficient (Wildman–Crippen LogP) is 3.79. The Bertz CT molecular complexity index is 1550. The first kappa shape index (κ1) is 22.0. The number of rotatable bonds is 5. The van der Waals surface area contributed by atoms with E-state index in [1.54, 1.807) is 61.7 Å². The molecule has 0 saturated carbocycles. The van der Waals surface area contributed by atoms with Crippen LogP contribution in [0.2, 0.25) is 0 Å². The number of hydrogen-bond acceptors (Lipinski definition) is 6. The van der Waals surface area contributed by atoms with E-state index in [4.69, 9.17) is 0 Å². The number of aryl methyl sites for hydroxylation is 2. The average Bonchev–Trinajstić information content (AvgIpc) is 3.56. The molecule has 3 heterocycles. The number of fused-ring (bicyclic) bond motifs is 1. The van der Waals surface area contributed by atoms with Gasteiger partial charge in [-0.1, -0.05) is 6.08 Å². The summed E-state index contributed by atoms with van der Waals surface area (Å²) in [6.07, 6.45) is 5.24. The Balaban J connectivity index is 1.37. The van der Waals surface area contributed by atoms with Crippen LogP contribution in [0.15, 0.2) is 70.7 Å². The van der Waals surface area contributed by atoms with Crippen molar-refractivity contribution < 1.29 is 14.7 Å². The summed E-state index contributed by atoms with van der Waals surface area (Å²) < 4.78 is 1.52. The number of aromatic amines is 1. The molecule has 0 saturated heterocycles. The number of nitrogens with zero attached hydrogens (tertiary/aromatic N) is 4. The highest BCUT2D eigenvalue weighted by molar-refractivity contribution is 6.13. The Morgan fingerprint density at radius 2 is 1.91 bits per heavy atom. The Morgan fingerprint density at radius 1 is 1.14 bits per heavy atom. The quantitative estimate of drug-likeness (QED) is 0.306. The number of anilines is 1. The first-order valence-electron chi connectivity index (χ1n) is 11.0. The van der Waals surface area contributed by atoms with Gasteiger partial charge < -0.3 is 15.4 Å². The number of aromatic hydroxyl groups is 1. The summed E-state index contributed by atoms with van der Waals surface area (Å²) in [6.45, 7) is 2.41. The van der Waals surface area contributed by atoms with Crippen molar-refractivity contribution in [3.63, 3.8) is 0 Å². The fraction of sp³-hybridized carbons (Fsp3) is 0.115. The monoisotopic (exact) mass is 466 g/mol. The van der Waals surface area contributed by atoms with E-state index in [-0.39, 0.29) is 17.6 Å². The third-order valence-electron chi connectivity index (χ3n) is 5.67. The van der Waals surface area contributed by atoms with Crippen molar-refractivity contribution in [1.82, 2.24) is 14.8 Å². The van der Waals surface area contributed by atoms with E-state index >= 15 is 0 Å². The van der Waals surface area contributed by atoms with E-state index in [9.17, 15) is 14.7 Å². The number of aromatic nitrogens is 3. The molecule has 0 atom stereocenters. The minimum atomic E-state index is -0.279. The Morgan fingerprint density at radius 3 is 2.60 bits per heavy atom. The molecule has 0 aliphatic carbocycles. The molecule has 1 amide bonds. The molecule has 174 valence electrons. The van der Waals surface area contributed by atoms with Crippen LogP contribution < -0.4 is 5.32 Å². The van der Waals surface area contributed by atoms with E-state index in [0.29, 0.717) is 51.4 Å². The van der Waals surface area contributed by atoms with E-state index < -0.39 is 0 Å². The second-order valence-corrected chi connectivity index (χ2v) is 8.16. The molecule has 0 radical (unpaired) electrons. The van der Waals surface area contributed by atoms with Gasteiger partial charge in [0.25, 0.3) is 5.91 Å². The van der Waals surface area contributed by atoms with Crippen molar-refractivity contribution in [2.24, 2.45) is 17.0 Å². The molecule has 0 bridgehead atoms. The van der Waals surface area contributed by atoms with Gasteiger partial charge in [0, 0.05) is 41.0 Å². The normalized spacial score (nSPS) is 13.0.